The Kier molecular flexibility index (Phi) is 4.19. The molecule has 2 rings (SSSR count). The molecule has 1 aromatic rings. The van der Waals surface area contributed by atoms with Crippen molar-refractivity contribution in [3.8, 4) is 0 Å². The quantitative estimate of drug-likeness (QED) is 0.861. The third-order valence-corrected chi connectivity index (χ3v) is 4.02. The molecule has 1 fully saturated rings. The Bertz CT molecular complexity index is 336. The van der Waals surface area contributed by atoms with E-state index in [2.05, 4.69) is 61.4 Å². The highest BCUT2D eigenvalue weighted by atomic mass is 15.2. The van der Waals surface area contributed by atoms with Crippen molar-refractivity contribution < 1.29 is 0 Å². The van der Waals surface area contributed by atoms with E-state index in [0.717, 1.165) is 12.5 Å². The number of likely N-dealkylation sites (tertiary alicyclic amines) is 1. The molecule has 0 aromatic heterocycles. The van der Waals surface area contributed by atoms with Gasteiger partial charge in [0.2, 0.25) is 0 Å². The fourth-order valence-electron chi connectivity index (χ4n) is 2.67. The molecule has 0 aliphatic carbocycles. The molecule has 1 heterocycles. The lowest BCUT2D eigenvalue weighted by molar-refractivity contribution is 0.121. The summed E-state index contributed by atoms with van der Waals surface area (Å²) in [7, 11) is 2.23. The first-order chi connectivity index (χ1) is 8.16. The van der Waals surface area contributed by atoms with Crippen molar-refractivity contribution in [2.45, 2.75) is 38.9 Å². The summed E-state index contributed by atoms with van der Waals surface area (Å²) in [6, 6.07) is 12.0. The van der Waals surface area contributed by atoms with Crippen LogP contribution in [0.3, 0.4) is 0 Å². The summed E-state index contributed by atoms with van der Waals surface area (Å²) in [6.07, 6.45) is 1.25. The van der Waals surface area contributed by atoms with E-state index >= 15 is 0 Å². The molecule has 2 nitrogen and oxygen atoms in total. The van der Waals surface area contributed by atoms with Gasteiger partial charge in [0, 0.05) is 25.2 Å². The van der Waals surface area contributed by atoms with Gasteiger partial charge in [-0.15, -0.1) is 0 Å². The van der Waals surface area contributed by atoms with E-state index in [-0.39, 0.29) is 0 Å². The number of nitrogens with one attached hydrogen (secondary N) is 1. The standard InChI is InChI=1S/C15H24N2/c1-12-11-17(3)13(2)9-15(12)16-10-14-7-5-4-6-8-14/h4-8,12-13,15-16H,9-11H2,1-3H3. The zero-order chi connectivity index (χ0) is 12.3. The van der Waals surface area contributed by atoms with Crippen molar-refractivity contribution in [3.63, 3.8) is 0 Å². The van der Waals surface area contributed by atoms with Gasteiger partial charge in [0.15, 0.2) is 0 Å². The molecule has 0 radical (unpaired) electrons. The van der Waals surface area contributed by atoms with Crippen LogP contribution >= 0.6 is 0 Å². The number of benzene rings is 1. The van der Waals surface area contributed by atoms with Crippen LogP contribution in [-0.4, -0.2) is 30.6 Å². The highest BCUT2D eigenvalue weighted by Crippen LogP contribution is 2.20. The number of hydrogen-bond acceptors (Lipinski definition) is 2. The van der Waals surface area contributed by atoms with E-state index in [0.29, 0.717) is 12.1 Å². The maximum absolute atomic E-state index is 3.71. The van der Waals surface area contributed by atoms with Gasteiger partial charge in [0.25, 0.3) is 0 Å². The van der Waals surface area contributed by atoms with Crippen LogP contribution < -0.4 is 5.32 Å². The van der Waals surface area contributed by atoms with Crippen LogP contribution in [0.15, 0.2) is 30.3 Å². The van der Waals surface area contributed by atoms with Gasteiger partial charge in [0.05, 0.1) is 0 Å². The fraction of sp³-hybridized carbons (Fsp3) is 0.600. The number of piperidine rings is 1. The lowest BCUT2D eigenvalue weighted by Gasteiger charge is -2.40. The Hall–Kier alpha value is -0.860. The Morgan fingerprint density at radius 3 is 2.65 bits per heavy atom. The van der Waals surface area contributed by atoms with Crippen LogP contribution in [0.25, 0.3) is 0 Å². The van der Waals surface area contributed by atoms with Crippen molar-refractivity contribution in [3.05, 3.63) is 35.9 Å². The van der Waals surface area contributed by atoms with Crippen molar-refractivity contribution in [1.82, 2.24) is 10.2 Å². The van der Waals surface area contributed by atoms with Crippen LogP contribution in [0.4, 0.5) is 0 Å². The summed E-state index contributed by atoms with van der Waals surface area (Å²) >= 11 is 0. The molecule has 17 heavy (non-hydrogen) atoms. The Morgan fingerprint density at radius 1 is 1.24 bits per heavy atom. The monoisotopic (exact) mass is 232 g/mol. The second-order valence-corrected chi connectivity index (χ2v) is 5.47. The second-order valence-electron chi connectivity index (χ2n) is 5.47. The predicted molar refractivity (Wildman–Crippen MR) is 72.9 cm³/mol. The molecule has 0 spiro atoms. The zero-order valence-corrected chi connectivity index (χ0v) is 11.2. The normalized spacial score (nSPS) is 30.4. The highest BCUT2D eigenvalue weighted by Gasteiger charge is 2.28. The fourth-order valence-corrected chi connectivity index (χ4v) is 2.67. The van der Waals surface area contributed by atoms with Crippen LogP contribution in [0, 0.1) is 5.92 Å². The third kappa shape index (κ3) is 3.30. The molecular weight excluding hydrogens is 208 g/mol. The largest absolute Gasteiger partial charge is 0.310 e. The minimum atomic E-state index is 0.654. The highest BCUT2D eigenvalue weighted by molar-refractivity contribution is 5.14. The maximum atomic E-state index is 3.71. The van der Waals surface area contributed by atoms with Gasteiger partial charge < -0.3 is 10.2 Å². The number of rotatable bonds is 3. The molecule has 3 atom stereocenters. The molecule has 0 saturated carbocycles. The molecule has 3 unspecified atom stereocenters. The van der Waals surface area contributed by atoms with Gasteiger partial charge in [0.1, 0.15) is 0 Å². The SMILES string of the molecule is CC1CN(C)C(C)CC1NCc1ccccc1. The third-order valence-electron chi connectivity index (χ3n) is 4.02. The molecule has 1 N–H and O–H groups in total. The first kappa shape index (κ1) is 12.6. The summed E-state index contributed by atoms with van der Waals surface area (Å²) in [6.45, 7) is 6.87. The Balaban J connectivity index is 1.87. The molecular formula is C15H24N2. The van der Waals surface area contributed by atoms with E-state index in [9.17, 15) is 0 Å². The van der Waals surface area contributed by atoms with E-state index < -0.39 is 0 Å². The van der Waals surface area contributed by atoms with E-state index in [1.165, 1.54) is 18.5 Å². The van der Waals surface area contributed by atoms with Gasteiger partial charge in [-0.2, -0.15) is 0 Å². The zero-order valence-electron chi connectivity index (χ0n) is 11.2. The maximum Gasteiger partial charge on any atom is 0.0208 e. The first-order valence-corrected chi connectivity index (χ1v) is 6.64. The summed E-state index contributed by atoms with van der Waals surface area (Å²) in [5.41, 5.74) is 1.38. The summed E-state index contributed by atoms with van der Waals surface area (Å²) in [5, 5.41) is 3.71. The number of hydrogen-bond donors (Lipinski definition) is 1. The van der Waals surface area contributed by atoms with Crippen LogP contribution in [0.5, 0.6) is 0 Å². The molecule has 2 heteroatoms. The van der Waals surface area contributed by atoms with Crippen molar-refractivity contribution in [2.75, 3.05) is 13.6 Å². The molecule has 1 saturated heterocycles. The average Bonchev–Trinajstić information content (AvgIpc) is 2.33. The van der Waals surface area contributed by atoms with Gasteiger partial charge in [-0.1, -0.05) is 37.3 Å². The lowest BCUT2D eigenvalue weighted by atomic mass is 9.90. The minimum absolute atomic E-state index is 0.654. The van der Waals surface area contributed by atoms with Gasteiger partial charge >= 0.3 is 0 Å². The predicted octanol–water partition coefficient (Wildman–Crippen LogP) is 2.50. The van der Waals surface area contributed by atoms with E-state index in [4.69, 9.17) is 0 Å². The van der Waals surface area contributed by atoms with Gasteiger partial charge in [-0.3, -0.25) is 0 Å². The second kappa shape index (κ2) is 5.65. The Labute approximate surface area is 105 Å². The first-order valence-electron chi connectivity index (χ1n) is 6.64. The van der Waals surface area contributed by atoms with E-state index in [1.54, 1.807) is 0 Å². The van der Waals surface area contributed by atoms with Crippen LogP contribution in [-0.2, 0) is 6.54 Å². The number of nitrogens with zero attached hydrogens (tertiary/aromatic N) is 1. The van der Waals surface area contributed by atoms with E-state index in [1.807, 2.05) is 0 Å². The summed E-state index contributed by atoms with van der Waals surface area (Å²) in [4.78, 5) is 2.46. The van der Waals surface area contributed by atoms with Gasteiger partial charge in [-0.25, -0.2) is 0 Å². The van der Waals surface area contributed by atoms with Crippen molar-refractivity contribution >= 4 is 0 Å². The Morgan fingerprint density at radius 2 is 1.94 bits per heavy atom. The molecule has 1 aliphatic rings. The average molecular weight is 232 g/mol. The lowest BCUT2D eigenvalue weighted by Crippen LogP contribution is -2.50. The summed E-state index contributed by atoms with van der Waals surface area (Å²) in [5.74, 6) is 0.736. The van der Waals surface area contributed by atoms with Crippen molar-refractivity contribution in [1.29, 1.82) is 0 Å². The van der Waals surface area contributed by atoms with Crippen molar-refractivity contribution in [2.24, 2.45) is 5.92 Å². The topological polar surface area (TPSA) is 15.3 Å². The minimum Gasteiger partial charge on any atom is -0.310 e. The van der Waals surface area contributed by atoms with Gasteiger partial charge in [-0.05, 0) is 31.9 Å². The van der Waals surface area contributed by atoms with Crippen LogP contribution in [0.1, 0.15) is 25.8 Å². The smallest absolute Gasteiger partial charge is 0.0208 e. The molecule has 0 bridgehead atoms. The molecule has 1 aliphatic heterocycles. The molecule has 0 amide bonds. The molecule has 1 aromatic carbocycles. The molecule has 94 valence electrons. The summed E-state index contributed by atoms with van der Waals surface area (Å²) < 4.78 is 0. The van der Waals surface area contributed by atoms with Crippen LogP contribution in [0.2, 0.25) is 0 Å².